The molecule has 0 rings (SSSR count). The van der Waals surface area contributed by atoms with Gasteiger partial charge < -0.3 is 5.11 Å². The molecule has 0 aliphatic rings. The average Bonchev–Trinajstić information content (AvgIpc) is 1.79. The van der Waals surface area contributed by atoms with Crippen LogP contribution >= 0.6 is 0 Å². The zero-order valence-corrected chi connectivity index (χ0v) is 8.85. The van der Waals surface area contributed by atoms with Crippen molar-refractivity contribution in [2.75, 3.05) is 0 Å². The second kappa shape index (κ2) is 8.19. The Bertz CT molecular complexity index is 102. The molecule has 0 heterocycles. The van der Waals surface area contributed by atoms with Crippen LogP contribution in [0.15, 0.2) is 0 Å². The molecular formula is C8H16O2Ru. The van der Waals surface area contributed by atoms with Crippen molar-refractivity contribution in [3.05, 3.63) is 0 Å². The van der Waals surface area contributed by atoms with E-state index < -0.39 is 5.97 Å². The van der Waals surface area contributed by atoms with E-state index in [0.29, 0.717) is 12.3 Å². The fourth-order valence-corrected chi connectivity index (χ4v) is 0.829. The summed E-state index contributed by atoms with van der Waals surface area (Å²) in [5.74, 6) is 0.0255. The van der Waals surface area contributed by atoms with Crippen molar-refractivity contribution >= 4 is 5.97 Å². The van der Waals surface area contributed by atoms with Gasteiger partial charge in [-0.15, -0.1) is 0 Å². The fourth-order valence-electron chi connectivity index (χ4n) is 0.829. The van der Waals surface area contributed by atoms with E-state index in [1.807, 2.05) is 0 Å². The van der Waals surface area contributed by atoms with Gasteiger partial charge in [0, 0.05) is 25.9 Å². The molecule has 0 amide bonds. The van der Waals surface area contributed by atoms with Crippen molar-refractivity contribution in [3.8, 4) is 0 Å². The van der Waals surface area contributed by atoms with Crippen molar-refractivity contribution in [3.63, 3.8) is 0 Å². The number of aliphatic carboxylic acids is 1. The molecule has 0 atom stereocenters. The summed E-state index contributed by atoms with van der Waals surface area (Å²) in [4.78, 5) is 10.0. The van der Waals surface area contributed by atoms with Gasteiger partial charge in [-0.1, -0.05) is 26.7 Å². The maximum atomic E-state index is 10.0. The minimum absolute atomic E-state index is 0. The van der Waals surface area contributed by atoms with Crippen LogP contribution in [0.1, 0.15) is 39.5 Å². The van der Waals surface area contributed by atoms with Crippen LogP contribution in [0.3, 0.4) is 0 Å². The molecule has 0 spiro atoms. The van der Waals surface area contributed by atoms with Gasteiger partial charge >= 0.3 is 5.97 Å². The number of hydrogen-bond acceptors (Lipinski definition) is 1. The van der Waals surface area contributed by atoms with Gasteiger partial charge in [-0.2, -0.15) is 0 Å². The summed E-state index contributed by atoms with van der Waals surface area (Å²) in [5.41, 5.74) is 0. The normalized spacial score (nSPS) is 9.36. The van der Waals surface area contributed by atoms with Crippen molar-refractivity contribution in [2.45, 2.75) is 39.5 Å². The van der Waals surface area contributed by atoms with E-state index in [1.54, 1.807) is 0 Å². The van der Waals surface area contributed by atoms with Crippen molar-refractivity contribution < 1.29 is 29.4 Å². The van der Waals surface area contributed by atoms with Crippen LogP contribution < -0.4 is 0 Å². The summed E-state index contributed by atoms with van der Waals surface area (Å²) in [5, 5.41) is 8.28. The van der Waals surface area contributed by atoms with Crippen molar-refractivity contribution in [1.82, 2.24) is 0 Å². The molecule has 68 valence electrons. The number of unbranched alkanes of at least 4 members (excludes halogenated alkanes) is 1. The van der Waals surface area contributed by atoms with E-state index in [1.165, 1.54) is 0 Å². The Kier molecular flexibility index (Phi) is 10.2. The monoisotopic (exact) mass is 246 g/mol. The molecule has 2 nitrogen and oxygen atoms in total. The Hall–Kier alpha value is 0.0934. The molecule has 0 radical (unpaired) electrons. The Labute approximate surface area is 81.1 Å². The third-order valence-corrected chi connectivity index (χ3v) is 1.42. The zero-order chi connectivity index (χ0) is 7.98. The first-order valence-electron chi connectivity index (χ1n) is 3.84. The van der Waals surface area contributed by atoms with Gasteiger partial charge in [0.05, 0.1) is 0 Å². The first kappa shape index (κ1) is 13.7. The van der Waals surface area contributed by atoms with E-state index >= 15 is 0 Å². The molecule has 0 aliphatic carbocycles. The Morgan fingerprint density at radius 1 is 1.36 bits per heavy atom. The first-order chi connectivity index (χ1) is 4.63. The Balaban J connectivity index is 0. The largest absolute Gasteiger partial charge is 0.481 e. The van der Waals surface area contributed by atoms with Crippen LogP contribution in [0.2, 0.25) is 0 Å². The summed E-state index contributed by atoms with van der Waals surface area (Å²) in [6.45, 7) is 4.31. The molecule has 0 aromatic rings. The SMILES string of the molecule is CC(C)CCCCC(=O)O.[Ru]. The van der Waals surface area contributed by atoms with Gasteiger partial charge in [0.1, 0.15) is 0 Å². The molecule has 0 saturated carbocycles. The maximum absolute atomic E-state index is 10.0. The summed E-state index contributed by atoms with van der Waals surface area (Å²) >= 11 is 0. The minimum Gasteiger partial charge on any atom is -0.481 e. The van der Waals surface area contributed by atoms with Crippen molar-refractivity contribution in [1.29, 1.82) is 0 Å². The molecule has 3 heteroatoms. The molecular weight excluding hydrogens is 229 g/mol. The number of carboxylic acid groups (broad SMARTS) is 1. The van der Waals surface area contributed by atoms with Gasteiger partial charge in [0.15, 0.2) is 0 Å². The topological polar surface area (TPSA) is 37.3 Å². The van der Waals surface area contributed by atoms with E-state index in [0.717, 1.165) is 19.3 Å². The van der Waals surface area contributed by atoms with E-state index in [2.05, 4.69) is 13.8 Å². The van der Waals surface area contributed by atoms with Gasteiger partial charge in [0.2, 0.25) is 0 Å². The van der Waals surface area contributed by atoms with Gasteiger partial charge in [-0.05, 0) is 12.3 Å². The molecule has 0 aromatic carbocycles. The zero-order valence-electron chi connectivity index (χ0n) is 7.11. The van der Waals surface area contributed by atoms with Crippen LogP contribution in [-0.4, -0.2) is 11.1 Å². The van der Waals surface area contributed by atoms with Gasteiger partial charge in [-0.3, -0.25) is 4.79 Å². The molecule has 0 aliphatic heterocycles. The van der Waals surface area contributed by atoms with E-state index in [9.17, 15) is 4.79 Å². The predicted octanol–water partition coefficient (Wildman–Crippen LogP) is 2.28. The van der Waals surface area contributed by atoms with Crippen LogP contribution in [0.25, 0.3) is 0 Å². The van der Waals surface area contributed by atoms with Gasteiger partial charge in [-0.25, -0.2) is 0 Å². The molecule has 0 saturated heterocycles. The summed E-state index contributed by atoms with van der Waals surface area (Å²) in [6.07, 6.45) is 3.34. The van der Waals surface area contributed by atoms with Crippen LogP contribution in [0, 0.1) is 5.92 Å². The Morgan fingerprint density at radius 2 is 1.91 bits per heavy atom. The van der Waals surface area contributed by atoms with E-state index in [4.69, 9.17) is 5.11 Å². The third-order valence-electron chi connectivity index (χ3n) is 1.42. The maximum Gasteiger partial charge on any atom is 0.303 e. The van der Waals surface area contributed by atoms with E-state index in [-0.39, 0.29) is 19.5 Å². The number of carboxylic acids is 1. The molecule has 0 unspecified atom stereocenters. The average molecular weight is 245 g/mol. The molecule has 0 bridgehead atoms. The third kappa shape index (κ3) is 13.1. The van der Waals surface area contributed by atoms with Crippen LogP contribution in [-0.2, 0) is 24.3 Å². The molecule has 0 fully saturated rings. The summed E-state index contributed by atoms with van der Waals surface area (Å²) in [6, 6.07) is 0. The molecule has 1 N–H and O–H groups in total. The predicted molar refractivity (Wildman–Crippen MR) is 40.9 cm³/mol. The molecule has 11 heavy (non-hydrogen) atoms. The first-order valence-corrected chi connectivity index (χ1v) is 3.84. The number of hydrogen-bond donors (Lipinski definition) is 1. The summed E-state index contributed by atoms with van der Waals surface area (Å²) in [7, 11) is 0. The summed E-state index contributed by atoms with van der Waals surface area (Å²) < 4.78 is 0. The molecule has 0 aromatic heterocycles. The standard InChI is InChI=1S/C8H16O2.Ru/c1-7(2)5-3-4-6-8(9)10;/h7H,3-6H2,1-2H3,(H,9,10);. The number of rotatable bonds is 5. The van der Waals surface area contributed by atoms with Crippen molar-refractivity contribution in [2.24, 2.45) is 5.92 Å². The number of carbonyl (C=O) groups is 1. The van der Waals surface area contributed by atoms with Crippen LogP contribution in [0.5, 0.6) is 0 Å². The van der Waals surface area contributed by atoms with Crippen LogP contribution in [0.4, 0.5) is 0 Å². The Morgan fingerprint density at radius 3 is 2.27 bits per heavy atom. The second-order valence-electron chi connectivity index (χ2n) is 3.03. The minimum atomic E-state index is -0.677. The second-order valence-corrected chi connectivity index (χ2v) is 3.03. The smallest absolute Gasteiger partial charge is 0.303 e. The van der Waals surface area contributed by atoms with Gasteiger partial charge in [0.25, 0.3) is 0 Å². The quantitative estimate of drug-likeness (QED) is 0.596. The fraction of sp³-hybridized carbons (Fsp3) is 0.875.